The molecular formula is C25H16BrCl2NOS. The van der Waals surface area contributed by atoms with Crippen LogP contribution in [-0.4, -0.2) is 10.8 Å². The molecule has 4 rings (SSSR count). The van der Waals surface area contributed by atoms with Gasteiger partial charge in [-0.05, 0) is 66.6 Å². The average Bonchev–Trinajstić information content (AvgIpc) is 2.76. The number of aromatic nitrogens is 1. The van der Waals surface area contributed by atoms with E-state index in [-0.39, 0.29) is 5.78 Å². The van der Waals surface area contributed by atoms with E-state index in [1.54, 1.807) is 18.2 Å². The maximum absolute atomic E-state index is 13.3. The van der Waals surface area contributed by atoms with Crippen molar-refractivity contribution in [1.29, 1.82) is 0 Å². The van der Waals surface area contributed by atoms with E-state index < -0.39 is 0 Å². The number of allylic oxidation sites excluding steroid dienone is 1. The molecule has 2 nitrogen and oxygen atoms in total. The molecule has 3 aromatic carbocycles. The number of carbonyl (C=O) groups is 1. The van der Waals surface area contributed by atoms with Gasteiger partial charge in [0.1, 0.15) is 5.03 Å². The van der Waals surface area contributed by atoms with Crippen LogP contribution in [0.5, 0.6) is 0 Å². The summed E-state index contributed by atoms with van der Waals surface area (Å²) < 4.78 is 0.997. The third-order valence-corrected chi connectivity index (χ3v) is 7.15. The van der Waals surface area contributed by atoms with Crippen molar-refractivity contribution in [3.8, 4) is 0 Å². The minimum Gasteiger partial charge on any atom is -0.289 e. The van der Waals surface area contributed by atoms with Crippen molar-refractivity contribution < 1.29 is 4.79 Å². The second-order valence-corrected chi connectivity index (χ2v) is 9.59. The Morgan fingerprint density at radius 2 is 1.74 bits per heavy atom. The van der Waals surface area contributed by atoms with E-state index in [1.165, 1.54) is 17.8 Å². The van der Waals surface area contributed by atoms with Crippen molar-refractivity contribution in [2.24, 2.45) is 0 Å². The summed E-state index contributed by atoms with van der Waals surface area (Å²) in [7, 11) is 0. The fourth-order valence-corrected chi connectivity index (χ4v) is 4.86. The van der Waals surface area contributed by atoms with Gasteiger partial charge in [0.25, 0.3) is 0 Å². The normalized spacial score (nSPS) is 11.4. The van der Waals surface area contributed by atoms with Gasteiger partial charge in [-0.2, -0.15) is 0 Å². The van der Waals surface area contributed by atoms with Crippen LogP contribution in [0.25, 0.3) is 17.0 Å². The summed E-state index contributed by atoms with van der Waals surface area (Å²) >= 11 is 17.3. The highest BCUT2D eigenvalue weighted by molar-refractivity contribution is 9.10. The highest BCUT2D eigenvalue weighted by Gasteiger charge is 2.18. The van der Waals surface area contributed by atoms with Crippen molar-refractivity contribution in [2.75, 3.05) is 0 Å². The summed E-state index contributed by atoms with van der Waals surface area (Å²) in [6.07, 6.45) is 3.22. The minimum atomic E-state index is -0.133. The Labute approximate surface area is 203 Å². The standard InChI is InChI=1S/C25H16BrCl2NOS/c1-15-19-6-2-3-8-21(19)29-25(31-18-12-10-17(26)11-13-18)23(15)22(30)14-9-16-5-4-7-20(27)24(16)28/h2-14H,1H3/b14-9+. The van der Waals surface area contributed by atoms with Crippen LogP contribution in [0, 0.1) is 6.92 Å². The van der Waals surface area contributed by atoms with Crippen LogP contribution in [0.2, 0.25) is 10.0 Å². The van der Waals surface area contributed by atoms with Crippen LogP contribution in [0.15, 0.2) is 87.2 Å². The lowest BCUT2D eigenvalue weighted by atomic mass is 10.0. The molecule has 0 atom stereocenters. The zero-order valence-electron chi connectivity index (χ0n) is 16.4. The predicted molar refractivity (Wildman–Crippen MR) is 135 cm³/mol. The van der Waals surface area contributed by atoms with Gasteiger partial charge in [-0.15, -0.1) is 0 Å². The van der Waals surface area contributed by atoms with Gasteiger partial charge in [-0.25, -0.2) is 4.98 Å². The lowest BCUT2D eigenvalue weighted by Crippen LogP contribution is -2.04. The second-order valence-electron chi connectivity index (χ2n) is 6.83. The fourth-order valence-electron chi connectivity index (χ4n) is 3.22. The number of rotatable bonds is 5. The van der Waals surface area contributed by atoms with Crippen LogP contribution in [-0.2, 0) is 0 Å². The van der Waals surface area contributed by atoms with Gasteiger partial charge in [-0.3, -0.25) is 4.79 Å². The van der Waals surface area contributed by atoms with Gasteiger partial charge in [0.05, 0.1) is 21.1 Å². The molecular weight excluding hydrogens is 513 g/mol. The van der Waals surface area contributed by atoms with Crippen LogP contribution in [0.1, 0.15) is 21.5 Å². The number of hydrogen-bond acceptors (Lipinski definition) is 3. The van der Waals surface area contributed by atoms with Gasteiger partial charge in [0.15, 0.2) is 5.78 Å². The van der Waals surface area contributed by atoms with Crippen LogP contribution in [0.4, 0.5) is 0 Å². The quantitative estimate of drug-likeness (QED) is 0.192. The molecule has 0 saturated carbocycles. The molecule has 0 amide bonds. The molecule has 4 aromatic rings. The van der Waals surface area contributed by atoms with Crippen molar-refractivity contribution >= 4 is 73.7 Å². The summed E-state index contributed by atoms with van der Waals surface area (Å²) in [6, 6.07) is 21.1. The number of halogens is 3. The van der Waals surface area contributed by atoms with Gasteiger partial charge < -0.3 is 0 Å². The molecule has 0 saturated heterocycles. The third-order valence-electron chi connectivity index (χ3n) is 4.79. The topological polar surface area (TPSA) is 30.0 Å². The highest BCUT2D eigenvalue weighted by Crippen LogP contribution is 2.35. The smallest absolute Gasteiger partial charge is 0.188 e. The Bertz CT molecular complexity index is 1320. The molecule has 0 fully saturated rings. The largest absolute Gasteiger partial charge is 0.289 e. The predicted octanol–water partition coefficient (Wildman–Crippen LogP) is 8.66. The first-order chi connectivity index (χ1) is 14.9. The monoisotopic (exact) mass is 527 g/mol. The lowest BCUT2D eigenvalue weighted by Gasteiger charge is -2.13. The van der Waals surface area contributed by atoms with Gasteiger partial charge in [0, 0.05) is 14.8 Å². The molecule has 0 N–H and O–H groups in total. The minimum absolute atomic E-state index is 0.133. The lowest BCUT2D eigenvalue weighted by molar-refractivity contribution is 0.104. The SMILES string of the molecule is Cc1c(C(=O)/C=C/c2cccc(Cl)c2Cl)c(Sc2ccc(Br)cc2)nc2ccccc12. The van der Waals surface area contributed by atoms with Crippen molar-refractivity contribution in [3.05, 3.63) is 104 Å². The number of benzene rings is 3. The molecule has 0 radical (unpaired) electrons. The molecule has 154 valence electrons. The van der Waals surface area contributed by atoms with Crippen LogP contribution in [0.3, 0.4) is 0 Å². The summed E-state index contributed by atoms with van der Waals surface area (Å²) in [5, 5.41) is 2.50. The number of para-hydroxylation sites is 1. The van der Waals surface area contributed by atoms with Crippen molar-refractivity contribution in [3.63, 3.8) is 0 Å². The molecule has 0 spiro atoms. The Balaban J connectivity index is 1.79. The van der Waals surface area contributed by atoms with E-state index in [1.807, 2.05) is 61.5 Å². The van der Waals surface area contributed by atoms with Gasteiger partial charge in [-0.1, -0.05) is 81.2 Å². The number of pyridine rings is 1. The van der Waals surface area contributed by atoms with E-state index >= 15 is 0 Å². The summed E-state index contributed by atoms with van der Waals surface area (Å²) in [5.41, 5.74) is 3.03. The molecule has 6 heteroatoms. The van der Waals surface area contributed by atoms with Crippen molar-refractivity contribution in [1.82, 2.24) is 4.98 Å². The number of carbonyl (C=O) groups excluding carboxylic acids is 1. The van der Waals surface area contributed by atoms with E-state index in [2.05, 4.69) is 15.9 Å². The molecule has 0 bridgehead atoms. The molecule has 31 heavy (non-hydrogen) atoms. The zero-order valence-corrected chi connectivity index (χ0v) is 20.3. The number of hydrogen-bond donors (Lipinski definition) is 0. The van der Waals surface area contributed by atoms with E-state index in [9.17, 15) is 4.79 Å². The molecule has 0 unspecified atom stereocenters. The van der Waals surface area contributed by atoms with Gasteiger partial charge in [0.2, 0.25) is 0 Å². The molecule has 0 aliphatic rings. The summed E-state index contributed by atoms with van der Waals surface area (Å²) in [5.74, 6) is -0.133. The second kappa shape index (κ2) is 9.58. The zero-order chi connectivity index (χ0) is 22.0. The van der Waals surface area contributed by atoms with Crippen LogP contribution >= 0.6 is 50.9 Å². The first kappa shape index (κ1) is 22.1. The third kappa shape index (κ3) is 4.88. The Morgan fingerprint density at radius 1 is 1.00 bits per heavy atom. The Kier molecular flexibility index (Phi) is 6.83. The van der Waals surface area contributed by atoms with E-state index in [4.69, 9.17) is 28.2 Å². The maximum Gasteiger partial charge on any atom is 0.188 e. The molecule has 0 aliphatic heterocycles. The van der Waals surface area contributed by atoms with E-state index in [0.717, 1.165) is 25.8 Å². The number of aryl methyl sites for hydroxylation is 1. The molecule has 1 heterocycles. The fraction of sp³-hybridized carbons (Fsp3) is 0.0400. The molecule has 1 aromatic heterocycles. The Morgan fingerprint density at radius 3 is 2.52 bits per heavy atom. The van der Waals surface area contributed by atoms with E-state index in [0.29, 0.717) is 26.2 Å². The first-order valence-electron chi connectivity index (χ1n) is 9.43. The number of nitrogens with zero attached hydrogens (tertiary/aromatic N) is 1. The summed E-state index contributed by atoms with van der Waals surface area (Å²) in [4.78, 5) is 19.1. The Hall–Kier alpha value is -2.11. The molecule has 0 aliphatic carbocycles. The maximum atomic E-state index is 13.3. The van der Waals surface area contributed by atoms with Crippen molar-refractivity contribution in [2.45, 2.75) is 16.8 Å². The van der Waals surface area contributed by atoms with Gasteiger partial charge >= 0.3 is 0 Å². The highest BCUT2D eigenvalue weighted by atomic mass is 79.9. The first-order valence-corrected chi connectivity index (χ1v) is 11.8. The number of ketones is 1. The average molecular weight is 529 g/mol. The number of fused-ring (bicyclic) bond motifs is 1. The van der Waals surface area contributed by atoms with Crippen LogP contribution < -0.4 is 0 Å². The summed E-state index contributed by atoms with van der Waals surface area (Å²) in [6.45, 7) is 1.96.